The molecule has 0 heterocycles. The summed E-state index contributed by atoms with van der Waals surface area (Å²) in [6.45, 7) is 0. The van der Waals surface area contributed by atoms with Crippen LogP contribution >= 0.6 is 0 Å². The molecular formula is C10H15F3O. The van der Waals surface area contributed by atoms with Crippen molar-refractivity contribution in [2.45, 2.75) is 51.1 Å². The van der Waals surface area contributed by atoms with E-state index in [0.717, 1.165) is 25.7 Å². The number of rotatable bonds is 2. The zero-order valence-electron chi connectivity index (χ0n) is 8.07. The minimum absolute atomic E-state index is 0.334. The summed E-state index contributed by atoms with van der Waals surface area (Å²) in [6, 6.07) is 0. The molecule has 0 atom stereocenters. The minimum Gasteiger partial charge on any atom is -0.299 e. The van der Waals surface area contributed by atoms with Crippen LogP contribution in [0.15, 0.2) is 0 Å². The molecule has 0 N–H and O–H groups in total. The van der Waals surface area contributed by atoms with Crippen LogP contribution in [-0.2, 0) is 4.79 Å². The van der Waals surface area contributed by atoms with Crippen LogP contribution in [0.3, 0.4) is 0 Å². The SMILES string of the molecule is O=C(CC(F)(F)F)C1CCCCCC1. The number of halogens is 3. The van der Waals surface area contributed by atoms with E-state index >= 15 is 0 Å². The molecule has 0 radical (unpaired) electrons. The average molecular weight is 208 g/mol. The third kappa shape index (κ3) is 4.11. The van der Waals surface area contributed by atoms with Crippen LogP contribution in [0.5, 0.6) is 0 Å². The molecule has 14 heavy (non-hydrogen) atoms. The highest BCUT2D eigenvalue weighted by atomic mass is 19.4. The Hall–Kier alpha value is -0.540. The van der Waals surface area contributed by atoms with Crippen LogP contribution in [0.1, 0.15) is 44.9 Å². The highest BCUT2D eigenvalue weighted by Gasteiger charge is 2.34. The highest BCUT2D eigenvalue weighted by Crippen LogP contribution is 2.28. The molecule has 1 saturated carbocycles. The van der Waals surface area contributed by atoms with Gasteiger partial charge in [-0.1, -0.05) is 25.7 Å². The maximum absolute atomic E-state index is 11.9. The smallest absolute Gasteiger partial charge is 0.299 e. The number of carbonyl (C=O) groups excluding carboxylic acids is 1. The second-order valence-electron chi connectivity index (χ2n) is 3.95. The summed E-state index contributed by atoms with van der Waals surface area (Å²) in [5.74, 6) is -0.946. The Bertz CT molecular complexity index is 190. The fourth-order valence-electron chi connectivity index (χ4n) is 1.94. The summed E-state index contributed by atoms with van der Waals surface area (Å²) in [4.78, 5) is 11.2. The van der Waals surface area contributed by atoms with Crippen molar-refractivity contribution in [3.8, 4) is 0 Å². The van der Waals surface area contributed by atoms with Crippen molar-refractivity contribution in [3.63, 3.8) is 0 Å². The lowest BCUT2D eigenvalue weighted by atomic mass is 9.93. The normalized spacial score (nSPS) is 20.5. The molecule has 0 amide bonds. The second-order valence-corrected chi connectivity index (χ2v) is 3.95. The molecule has 0 unspecified atom stereocenters. The number of alkyl halides is 3. The van der Waals surface area contributed by atoms with E-state index in [1.807, 2.05) is 0 Å². The topological polar surface area (TPSA) is 17.1 Å². The van der Waals surface area contributed by atoms with Crippen LogP contribution in [0.25, 0.3) is 0 Å². The molecule has 1 nitrogen and oxygen atoms in total. The van der Waals surface area contributed by atoms with Gasteiger partial charge in [-0.2, -0.15) is 13.2 Å². The lowest BCUT2D eigenvalue weighted by Gasteiger charge is -2.13. The van der Waals surface area contributed by atoms with E-state index < -0.39 is 18.4 Å². The van der Waals surface area contributed by atoms with Crippen molar-refractivity contribution in [2.75, 3.05) is 0 Å². The number of ketones is 1. The van der Waals surface area contributed by atoms with Gasteiger partial charge < -0.3 is 0 Å². The fourth-order valence-corrected chi connectivity index (χ4v) is 1.94. The molecule has 4 heteroatoms. The Balaban J connectivity index is 2.42. The third-order valence-corrected chi connectivity index (χ3v) is 2.69. The molecule has 0 spiro atoms. The van der Waals surface area contributed by atoms with Gasteiger partial charge in [-0.15, -0.1) is 0 Å². The molecule has 1 aliphatic carbocycles. The van der Waals surface area contributed by atoms with E-state index in [2.05, 4.69) is 0 Å². The summed E-state index contributed by atoms with van der Waals surface area (Å²) < 4.78 is 35.8. The molecule has 0 bridgehead atoms. The predicted octanol–water partition coefficient (Wildman–Crippen LogP) is 3.48. The first-order chi connectivity index (χ1) is 6.49. The summed E-state index contributed by atoms with van der Waals surface area (Å²) in [5.41, 5.74) is 0. The van der Waals surface area contributed by atoms with E-state index in [0.29, 0.717) is 12.8 Å². The molecule has 1 fully saturated rings. The van der Waals surface area contributed by atoms with Crippen molar-refractivity contribution >= 4 is 5.78 Å². The molecule has 0 saturated heterocycles. The van der Waals surface area contributed by atoms with Crippen LogP contribution in [-0.4, -0.2) is 12.0 Å². The van der Waals surface area contributed by atoms with Gasteiger partial charge >= 0.3 is 6.18 Å². The maximum atomic E-state index is 11.9. The Kier molecular flexibility index (Phi) is 3.96. The van der Waals surface area contributed by atoms with Crippen molar-refractivity contribution in [2.24, 2.45) is 5.92 Å². The van der Waals surface area contributed by atoms with Gasteiger partial charge in [0.15, 0.2) is 0 Å². The molecule has 0 aliphatic heterocycles. The highest BCUT2D eigenvalue weighted by molar-refractivity contribution is 5.81. The number of hydrogen-bond donors (Lipinski definition) is 0. The van der Waals surface area contributed by atoms with E-state index in [-0.39, 0.29) is 5.92 Å². The lowest BCUT2D eigenvalue weighted by Crippen LogP contribution is -2.21. The number of carbonyl (C=O) groups is 1. The van der Waals surface area contributed by atoms with Crippen LogP contribution in [0.4, 0.5) is 13.2 Å². The molecule has 0 aromatic heterocycles. The molecule has 0 aromatic carbocycles. The van der Waals surface area contributed by atoms with E-state index in [4.69, 9.17) is 0 Å². The first kappa shape index (κ1) is 11.5. The lowest BCUT2D eigenvalue weighted by molar-refractivity contribution is -0.155. The Morgan fingerprint density at radius 1 is 1.07 bits per heavy atom. The van der Waals surface area contributed by atoms with E-state index in [1.165, 1.54) is 0 Å². The first-order valence-electron chi connectivity index (χ1n) is 5.08. The number of Topliss-reactive ketones (excluding diaryl/α,β-unsaturated/α-hetero) is 1. The largest absolute Gasteiger partial charge is 0.395 e. The predicted molar refractivity (Wildman–Crippen MR) is 46.9 cm³/mol. The number of hydrogen-bond acceptors (Lipinski definition) is 1. The Labute approximate surface area is 81.7 Å². The van der Waals surface area contributed by atoms with E-state index in [1.54, 1.807) is 0 Å². The van der Waals surface area contributed by atoms with Gasteiger partial charge in [-0.3, -0.25) is 4.79 Å². The van der Waals surface area contributed by atoms with Crippen molar-refractivity contribution in [1.29, 1.82) is 0 Å². The van der Waals surface area contributed by atoms with Crippen molar-refractivity contribution < 1.29 is 18.0 Å². The van der Waals surface area contributed by atoms with Gasteiger partial charge in [0.1, 0.15) is 12.2 Å². The first-order valence-corrected chi connectivity index (χ1v) is 5.08. The maximum Gasteiger partial charge on any atom is 0.395 e. The van der Waals surface area contributed by atoms with Gasteiger partial charge in [0, 0.05) is 5.92 Å². The van der Waals surface area contributed by atoms with Crippen LogP contribution in [0.2, 0.25) is 0 Å². The summed E-state index contributed by atoms with van der Waals surface area (Å²) in [5, 5.41) is 0. The molecular weight excluding hydrogens is 193 g/mol. The van der Waals surface area contributed by atoms with Crippen molar-refractivity contribution in [1.82, 2.24) is 0 Å². The summed E-state index contributed by atoms with van der Waals surface area (Å²) in [6.07, 6.45) is -0.376. The molecule has 1 aliphatic rings. The monoisotopic (exact) mass is 208 g/mol. The van der Waals surface area contributed by atoms with Gasteiger partial charge in [0.05, 0.1) is 0 Å². The van der Waals surface area contributed by atoms with Gasteiger partial charge in [-0.05, 0) is 12.8 Å². The van der Waals surface area contributed by atoms with E-state index in [9.17, 15) is 18.0 Å². The Morgan fingerprint density at radius 2 is 1.57 bits per heavy atom. The summed E-state index contributed by atoms with van der Waals surface area (Å²) in [7, 11) is 0. The van der Waals surface area contributed by atoms with Gasteiger partial charge in [0.25, 0.3) is 0 Å². The van der Waals surface area contributed by atoms with Crippen molar-refractivity contribution in [3.05, 3.63) is 0 Å². The fraction of sp³-hybridized carbons (Fsp3) is 0.900. The zero-order chi connectivity index (χ0) is 10.6. The molecule has 1 rings (SSSR count). The quantitative estimate of drug-likeness (QED) is 0.635. The van der Waals surface area contributed by atoms with Crippen LogP contribution < -0.4 is 0 Å². The minimum atomic E-state index is -4.33. The Morgan fingerprint density at radius 3 is 2.00 bits per heavy atom. The zero-order valence-corrected chi connectivity index (χ0v) is 8.07. The second kappa shape index (κ2) is 4.80. The molecule has 82 valence electrons. The van der Waals surface area contributed by atoms with Crippen LogP contribution in [0, 0.1) is 5.92 Å². The van der Waals surface area contributed by atoms with Gasteiger partial charge in [0.2, 0.25) is 0 Å². The third-order valence-electron chi connectivity index (χ3n) is 2.69. The van der Waals surface area contributed by atoms with Gasteiger partial charge in [-0.25, -0.2) is 0 Å². The molecule has 0 aromatic rings. The standard InChI is InChI=1S/C10H15F3O/c11-10(12,13)7-9(14)8-5-3-1-2-4-6-8/h8H,1-7H2. The summed E-state index contributed by atoms with van der Waals surface area (Å²) >= 11 is 0. The average Bonchev–Trinajstić information content (AvgIpc) is 2.27.